The van der Waals surface area contributed by atoms with Crippen molar-refractivity contribution in [2.45, 2.75) is 57.8 Å². The zero-order valence-corrected chi connectivity index (χ0v) is 31.4. The van der Waals surface area contributed by atoms with Crippen LogP contribution in [0.15, 0.2) is 146 Å². The number of hydrogen-bond acceptors (Lipinski definition) is 0. The van der Waals surface area contributed by atoms with Crippen molar-refractivity contribution in [2.24, 2.45) is 0 Å². The molecule has 0 bridgehead atoms. The molecule has 254 valence electrons. The van der Waals surface area contributed by atoms with Crippen molar-refractivity contribution in [2.75, 3.05) is 0 Å². The molecule has 0 atom stereocenters. The van der Waals surface area contributed by atoms with Crippen molar-refractivity contribution in [1.29, 1.82) is 0 Å². The molecule has 11 rings (SSSR count). The van der Waals surface area contributed by atoms with Crippen LogP contribution in [0.25, 0.3) is 77.2 Å². The molecule has 8 aromatic rings. The molecule has 0 aromatic heterocycles. The van der Waals surface area contributed by atoms with Crippen LogP contribution in [0, 0.1) is 0 Å². The summed E-state index contributed by atoms with van der Waals surface area (Å²) >= 11 is 0. The molecular formula is C53H42. The quantitative estimate of drug-likeness (QED) is 0.160. The maximum atomic E-state index is 2.57. The summed E-state index contributed by atoms with van der Waals surface area (Å²) in [4.78, 5) is 0. The minimum atomic E-state index is -0.103. The molecule has 0 heterocycles. The van der Waals surface area contributed by atoms with Crippen molar-refractivity contribution < 1.29 is 0 Å². The Hall–Kier alpha value is -5.72. The molecule has 8 aromatic carbocycles. The monoisotopic (exact) mass is 678 g/mol. The highest BCUT2D eigenvalue weighted by Gasteiger charge is 2.39. The summed E-state index contributed by atoms with van der Waals surface area (Å²) in [7, 11) is 0. The molecule has 0 nitrogen and oxygen atoms in total. The van der Waals surface area contributed by atoms with E-state index in [1.807, 2.05) is 0 Å². The fourth-order valence-electron chi connectivity index (χ4n) is 10.7. The lowest BCUT2D eigenvalue weighted by Gasteiger charge is -2.25. The standard InChI is InChI=1S/C53H42/c1-51(2)43-20-12-9-15-33(43)36-25-23-31(27-46(36)51)49-38-18-7-8-19-39(38)50(32-24-26-37-34-16-10-13-21-44(34)52(3,4)47(37)28-32)42-30-48-40(29-41(42)49)35-17-11-14-22-45(35)53(48,5)6/h7-30H,1-6H3. The van der Waals surface area contributed by atoms with E-state index in [4.69, 9.17) is 0 Å². The van der Waals surface area contributed by atoms with Gasteiger partial charge in [0, 0.05) is 16.2 Å². The van der Waals surface area contributed by atoms with Gasteiger partial charge in [-0.1, -0.05) is 163 Å². The zero-order valence-electron chi connectivity index (χ0n) is 31.4. The van der Waals surface area contributed by atoms with Crippen LogP contribution in [-0.4, -0.2) is 0 Å². The second-order valence-electron chi connectivity index (χ2n) is 17.3. The van der Waals surface area contributed by atoms with Gasteiger partial charge in [0.25, 0.3) is 0 Å². The minimum Gasteiger partial charge on any atom is -0.0619 e. The van der Waals surface area contributed by atoms with Crippen LogP contribution in [0.3, 0.4) is 0 Å². The van der Waals surface area contributed by atoms with Crippen LogP contribution in [0.5, 0.6) is 0 Å². The van der Waals surface area contributed by atoms with E-state index in [2.05, 4.69) is 187 Å². The molecule has 0 aliphatic heterocycles. The highest BCUT2D eigenvalue weighted by molar-refractivity contribution is 6.22. The molecule has 0 saturated heterocycles. The van der Waals surface area contributed by atoms with E-state index < -0.39 is 0 Å². The SMILES string of the molecule is CC1(C)c2ccccc2-c2ccc(-c3c4ccccc4c(-c4ccc5c(c4)C(C)(C)c4ccccc4-5)c4cc5c(cc34)-c3ccccc3C5(C)C)cc21. The lowest BCUT2D eigenvalue weighted by atomic mass is 9.78. The Morgan fingerprint density at radius 3 is 1.06 bits per heavy atom. The molecule has 0 amide bonds. The van der Waals surface area contributed by atoms with E-state index in [9.17, 15) is 0 Å². The average molecular weight is 679 g/mol. The number of fused-ring (bicyclic) bond motifs is 11. The number of hydrogen-bond donors (Lipinski definition) is 0. The lowest BCUT2D eigenvalue weighted by Crippen LogP contribution is -2.15. The third kappa shape index (κ3) is 3.91. The second kappa shape index (κ2) is 10.2. The summed E-state index contributed by atoms with van der Waals surface area (Å²) in [6.07, 6.45) is 0. The third-order valence-electron chi connectivity index (χ3n) is 13.5. The summed E-state index contributed by atoms with van der Waals surface area (Å²) in [5.41, 5.74) is 21.6. The van der Waals surface area contributed by atoms with Crippen LogP contribution >= 0.6 is 0 Å². The first kappa shape index (κ1) is 30.9. The second-order valence-corrected chi connectivity index (χ2v) is 17.3. The normalized spacial score (nSPS) is 16.2. The molecule has 3 aliphatic carbocycles. The van der Waals surface area contributed by atoms with Crippen molar-refractivity contribution >= 4 is 21.5 Å². The van der Waals surface area contributed by atoms with Gasteiger partial charge in [0.1, 0.15) is 0 Å². The largest absolute Gasteiger partial charge is 0.0619 e. The van der Waals surface area contributed by atoms with Crippen molar-refractivity contribution in [1.82, 2.24) is 0 Å². The van der Waals surface area contributed by atoms with Gasteiger partial charge in [-0.15, -0.1) is 0 Å². The molecular weight excluding hydrogens is 637 g/mol. The molecule has 0 radical (unpaired) electrons. The Balaban J connectivity index is 1.25. The van der Waals surface area contributed by atoms with E-state index in [0.717, 1.165) is 0 Å². The van der Waals surface area contributed by atoms with Gasteiger partial charge in [0.2, 0.25) is 0 Å². The molecule has 0 saturated carbocycles. The number of benzene rings is 8. The predicted octanol–water partition coefficient (Wildman–Crippen LogP) is 14.2. The molecule has 0 heteroatoms. The van der Waals surface area contributed by atoms with E-state index >= 15 is 0 Å². The summed E-state index contributed by atoms with van der Waals surface area (Å²) in [6.45, 7) is 14.4. The first-order chi connectivity index (χ1) is 25.6. The van der Waals surface area contributed by atoms with Gasteiger partial charge < -0.3 is 0 Å². The molecule has 0 spiro atoms. The fourth-order valence-corrected chi connectivity index (χ4v) is 10.7. The van der Waals surface area contributed by atoms with Crippen molar-refractivity contribution in [3.05, 3.63) is 179 Å². The van der Waals surface area contributed by atoms with Gasteiger partial charge in [0.15, 0.2) is 0 Å². The van der Waals surface area contributed by atoms with Gasteiger partial charge in [-0.25, -0.2) is 0 Å². The Bertz CT molecular complexity index is 2910. The van der Waals surface area contributed by atoms with E-state index in [0.29, 0.717) is 0 Å². The zero-order chi connectivity index (χ0) is 36.0. The Morgan fingerprint density at radius 1 is 0.264 bits per heavy atom. The van der Waals surface area contributed by atoms with Crippen LogP contribution in [0.4, 0.5) is 0 Å². The Kier molecular flexibility index (Phi) is 5.96. The first-order valence-corrected chi connectivity index (χ1v) is 19.2. The maximum Gasteiger partial charge on any atom is 0.0159 e. The predicted molar refractivity (Wildman–Crippen MR) is 225 cm³/mol. The molecule has 0 N–H and O–H groups in total. The minimum absolute atomic E-state index is 0.0762. The highest BCUT2D eigenvalue weighted by Crippen LogP contribution is 2.56. The molecule has 0 unspecified atom stereocenters. The third-order valence-corrected chi connectivity index (χ3v) is 13.5. The summed E-state index contributed by atoms with van der Waals surface area (Å²) < 4.78 is 0. The summed E-state index contributed by atoms with van der Waals surface area (Å²) in [5.74, 6) is 0. The Labute approximate surface area is 312 Å². The average Bonchev–Trinajstić information content (AvgIpc) is 3.65. The highest BCUT2D eigenvalue weighted by atomic mass is 14.4. The summed E-state index contributed by atoms with van der Waals surface area (Å²) in [5, 5.41) is 5.26. The fraction of sp³-hybridized carbons (Fsp3) is 0.170. The van der Waals surface area contributed by atoms with Gasteiger partial charge in [-0.3, -0.25) is 0 Å². The first-order valence-electron chi connectivity index (χ1n) is 19.2. The summed E-state index contributed by atoms with van der Waals surface area (Å²) in [6, 6.07) is 55.9. The van der Waals surface area contributed by atoms with Gasteiger partial charge in [-0.05, 0) is 135 Å². The van der Waals surface area contributed by atoms with E-state index in [-0.39, 0.29) is 16.2 Å². The van der Waals surface area contributed by atoms with Crippen LogP contribution in [0.2, 0.25) is 0 Å². The van der Waals surface area contributed by atoms with E-state index in [1.165, 1.54) is 111 Å². The van der Waals surface area contributed by atoms with Crippen LogP contribution in [0.1, 0.15) is 74.9 Å². The lowest BCUT2D eigenvalue weighted by molar-refractivity contribution is 0.660. The molecule has 0 fully saturated rings. The Morgan fingerprint density at radius 2 is 0.604 bits per heavy atom. The van der Waals surface area contributed by atoms with Crippen molar-refractivity contribution in [3.63, 3.8) is 0 Å². The number of rotatable bonds is 2. The van der Waals surface area contributed by atoms with E-state index in [1.54, 1.807) is 0 Å². The van der Waals surface area contributed by atoms with Gasteiger partial charge in [0.05, 0.1) is 0 Å². The maximum absolute atomic E-state index is 2.57. The molecule has 53 heavy (non-hydrogen) atoms. The van der Waals surface area contributed by atoms with Crippen LogP contribution < -0.4 is 0 Å². The van der Waals surface area contributed by atoms with Crippen molar-refractivity contribution in [3.8, 4) is 55.6 Å². The van der Waals surface area contributed by atoms with Gasteiger partial charge >= 0.3 is 0 Å². The topological polar surface area (TPSA) is 0 Å². The smallest absolute Gasteiger partial charge is 0.0159 e. The molecule has 3 aliphatic rings. The van der Waals surface area contributed by atoms with Gasteiger partial charge in [-0.2, -0.15) is 0 Å². The van der Waals surface area contributed by atoms with Crippen LogP contribution in [-0.2, 0) is 16.2 Å².